The highest BCUT2D eigenvalue weighted by Crippen LogP contribution is 2.48. The second-order valence-electron chi connectivity index (χ2n) is 14.5. The lowest BCUT2D eigenvalue weighted by Crippen LogP contribution is -2.60. The van der Waals surface area contributed by atoms with Crippen molar-refractivity contribution in [2.24, 2.45) is 23.7 Å². The Bertz CT molecular complexity index is 1260. The van der Waals surface area contributed by atoms with Crippen molar-refractivity contribution < 1.29 is 48.9 Å². The fourth-order valence-electron chi connectivity index (χ4n) is 8.07. The molecule has 0 radical (unpaired) electrons. The highest BCUT2D eigenvalue weighted by atomic mass is 16.7. The number of aliphatic hydroxyl groups excluding tert-OH is 2. The van der Waals surface area contributed by atoms with Crippen LogP contribution in [0.1, 0.15) is 73.6 Å². The Morgan fingerprint density at radius 3 is 2.54 bits per heavy atom. The first-order valence-electron chi connectivity index (χ1n) is 16.9. The lowest BCUT2D eigenvalue weighted by atomic mass is 9.71. The van der Waals surface area contributed by atoms with E-state index in [9.17, 15) is 25.2 Å². The molecule has 0 unspecified atom stereocenters. The number of rotatable bonds is 4. The topological polar surface area (TPSA) is 144 Å². The molecule has 4 heterocycles. The number of aliphatic hydroxyl groups is 4. The summed E-state index contributed by atoms with van der Waals surface area (Å²) in [5, 5.41) is 46.3. The number of fused-ring (bicyclic) bond motifs is 2. The minimum atomic E-state index is -1.84. The highest BCUT2D eigenvalue weighted by Gasteiger charge is 2.60. The molecule has 0 aromatic heterocycles. The van der Waals surface area contributed by atoms with Gasteiger partial charge in [0.2, 0.25) is 0 Å². The average molecular weight is 647 g/mol. The van der Waals surface area contributed by atoms with E-state index < -0.39 is 59.4 Å². The smallest absolute Gasteiger partial charge is 0.316 e. The van der Waals surface area contributed by atoms with E-state index in [0.29, 0.717) is 29.6 Å². The summed E-state index contributed by atoms with van der Waals surface area (Å²) in [6.07, 6.45) is 6.72. The molecule has 0 aromatic carbocycles. The monoisotopic (exact) mass is 646 g/mol. The zero-order valence-corrected chi connectivity index (χ0v) is 28.3. The summed E-state index contributed by atoms with van der Waals surface area (Å²) in [6, 6.07) is 0. The zero-order valence-electron chi connectivity index (χ0n) is 28.3. The minimum Gasteiger partial charge on any atom is -0.462 e. The molecule has 2 bridgehead atoms. The Balaban J connectivity index is 1.59. The van der Waals surface area contributed by atoms with Crippen molar-refractivity contribution in [1.82, 2.24) is 0 Å². The van der Waals surface area contributed by atoms with Crippen LogP contribution in [0.4, 0.5) is 0 Å². The van der Waals surface area contributed by atoms with Crippen LogP contribution in [-0.4, -0.2) is 100 Å². The summed E-state index contributed by atoms with van der Waals surface area (Å²) in [5.41, 5.74) is -1.51. The highest BCUT2D eigenvalue weighted by molar-refractivity contribution is 5.78. The number of carbonyl (C=O) groups excluding carboxylic acids is 1. The van der Waals surface area contributed by atoms with E-state index in [1.165, 1.54) is 0 Å². The largest absolute Gasteiger partial charge is 0.462 e. The Hall–Kier alpha value is -1.89. The zero-order chi connectivity index (χ0) is 33.6. The van der Waals surface area contributed by atoms with Crippen molar-refractivity contribution in [2.75, 3.05) is 20.3 Å². The van der Waals surface area contributed by atoms with Gasteiger partial charge in [-0.2, -0.15) is 0 Å². The van der Waals surface area contributed by atoms with Crippen LogP contribution in [0.5, 0.6) is 0 Å². The molecule has 13 atom stereocenters. The molecule has 258 valence electrons. The molecule has 1 aliphatic carbocycles. The van der Waals surface area contributed by atoms with Gasteiger partial charge in [0.25, 0.3) is 0 Å². The lowest BCUT2D eigenvalue weighted by molar-refractivity contribution is -0.354. The van der Waals surface area contributed by atoms with E-state index in [1.54, 1.807) is 32.3 Å². The van der Waals surface area contributed by atoms with Crippen LogP contribution in [0.2, 0.25) is 0 Å². The van der Waals surface area contributed by atoms with Gasteiger partial charge in [-0.1, -0.05) is 64.5 Å². The van der Waals surface area contributed by atoms with Crippen molar-refractivity contribution >= 4 is 5.97 Å². The second-order valence-corrected chi connectivity index (χ2v) is 14.5. The third kappa shape index (κ3) is 6.32. The van der Waals surface area contributed by atoms with E-state index in [1.807, 2.05) is 32.9 Å². The van der Waals surface area contributed by atoms with Crippen LogP contribution in [0.15, 0.2) is 47.1 Å². The van der Waals surface area contributed by atoms with Crippen LogP contribution >= 0.6 is 0 Å². The van der Waals surface area contributed by atoms with Gasteiger partial charge in [-0.3, -0.25) is 4.79 Å². The molecule has 0 amide bonds. The van der Waals surface area contributed by atoms with Crippen LogP contribution in [0.3, 0.4) is 0 Å². The minimum absolute atomic E-state index is 0.0203. The SMILES string of the molecule is CC[C@H](C)[C@H]1O[C@@]2(C[C@@H]3C[C@@H](C/C=C(\C)[C@@](O)(COC)[C@@H](C)/C=C/C=C4\CO[C@@H]5[C@H](O)C(C)=C[C@@H](C(=O)O3)[C@]45O)O2)C[C@H](O)[C@@H]1C. The molecule has 1 spiro atoms. The quantitative estimate of drug-likeness (QED) is 0.265. The maximum Gasteiger partial charge on any atom is 0.316 e. The van der Waals surface area contributed by atoms with Crippen molar-refractivity contribution in [3.8, 4) is 0 Å². The van der Waals surface area contributed by atoms with Crippen molar-refractivity contribution in [1.29, 1.82) is 0 Å². The molecule has 10 heteroatoms. The van der Waals surface area contributed by atoms with E-state index in [0.717, 1.165) is 6.42 Å². The average Bonchev–Trinajstić information content (AvgIpc) is 3.35. The van der Waals surface area contributed by atoms with E-state index in [2.05, 4.69) is 13.8 Å². The van der Waals surface area contributed by atoms with Crippen LogP contribution in [0.25, 0.3) is 0 Å². The van der Waals surface area contributed by atoms with Gasteiger partial charge in [0, 0.05) is 38.2 Å². The first kappa shape index (κ1) is 35.4. The van der Waals surface area contributed by atoms with Gasteiger partial charge in [-0.25, -0.2) is 0 Å². The number of hydrogen-bond donors (Lipinski definition) is 4. The molecular formula is C36H54O10. The van der Waals surface area contributed by atoms with Gasteiger partial charge >= 0.3 is 5.97 Å². The van der Waals surface area contributed by atoms with Crippen molar-refractivity contribution in [3.05, 3.63) is 47.1 Å². The number of allylic oxidation sites excluding steroid dienone is 2. The molecular weight excluding hydrogens is 592 g/mol. The summed E-state index contributed by atoms with van der Waals surface area (Å²) >= 11 is 0. The number of esters is 1. The number of ether oxygens (including phenoxy) is 5. The molecule has 46 heavy (non-hydrogen) atoms. The molecule has 10 nitrogen and oxygen atoms in total. The molecule has 0 aromatic rings. The van der Waals surface area contributed by atoms with E-state index in [4.69, 9.17) is 23.7 Å². The summed E-state index contributed by atoms with van der Waals surface area (Å²) in [7, 11) is 1.55. The van der Waals surface area contributed by atoms with E-state index in [-0.39, 0.29) is 49.9 Å². The van der Waals surface area contributed by atoms with Gasteiger partial charge < -0.3 is 44.1 Å². The number of carbonyl (C=O) groups is 1. The van der Waals surface area contributed by atoms with Gasteiger partial charge in [0.15, 0.2) is 5.79 Å². The maximum absolute atomic E-state index is 14.1. The standard InChI is InChI=1S/C36H54O10/c1-8-20(2)31-24(6)29(37)17-34(46-31)16-27-15-26(45-34)13-12-23(5)35(40,19-42-7)22(4)10-9-11-25-18-43-32-30(38)21(3)14-28(33(39)44-27)36(25,32)41/h9-12,14,20,22,24,26-32,37-38,40-41H,8,13,15-19H2,1-7H3/b10-9+,23-12+,25-11+/t20-,22-,24-,26+,27-,28-,29-,30+,31+,32+,34-,35+,36+/m0/s1. The Morgan fingerprint density at radius 2 is 1.85 bits per heavy atom. The first-order valence-corrected chi connectivity index (χ1v) is 16.9. The second kappa shape index (κ2) is 13.6. The first-order chi connectivity index (χ1) is 21.7. The molecule has 3 fully saturated rings. The Labute approximate surface area is 273 Å². The Morgan fingerprint density at radius 1 is 1.11 bits per heavy atom. The molecule has 4 aliphatic heterocycles. The van der Waals surface area contributed by atoms with Crippen molar-refractivity contribution in [2.45, 2.75) is 127 Å². The third-order valence-corrected chi connectivity index (χ3v) is 11.4. The summed E-state index contributed by atoms with van der Waals surface area (Å²) < 4.78 is 31.1. The van der Waals surface area contributed by atoms with E-state index >= 15 is 0 Å². The fraction of sp³-hybridized carbons (Fsp3) is 0.750. The number of hydrogen-bond acceptors (Lipinski definition) is 10. The molecule has 3 saturated heterocycles. The Kier molecular flexibility index (Phi) is 10.4. The molecule has 0 saturated carbocycles. The molecule has 5 aliphatic rings. The predicted octanol–water partition coefficient (Wildman–Crippen LogP) is 3.52. The van der Waals surface area contributed by atoms with Crippen LogP contribution in [0, 0.1) is 23.7 Å². The normalized spacial score (nSPS) is 48.7. The third-order valence-electron chi connectivity index (χ3n) is 11.4. The summed E-state index contributed by atoms with van der Waals surface area (Å²) in [4.78, 5) is 14.1. The fourth-order valence-corrected chi connectivity index (χ4v) is 8.07. The number of methoxy groups -OCH3 is 1. The van der Waals surface area contributed by atoms with Gasteiger partial charge in [0.1, 0.15) is 35.4 Å². The van der Waals surface area contributed by atoms with Gasteiger partial charge in [0.05, 0.1) is 31.5 Å². The van der Waals surface area contributed by atoms with Crippen LogP contribution in [-0.2, 0) is 28.5 Å². The molecule has 4 N–H and O–H groups in total. The molecule has 5 rings (SSSR count). The van der Waals surface area contributed by atoms with Crippen LogP contribution < -0.4 is 0 Å². The van der Waals surface area contributed by atoms with Gasteiger partial charge in [-0.15, -0.1) is 0 Å². The lowest BCUT2D eigenvalue weighted by Gasteiger charge is -2.52. The van der Waals surface area contributed by atoms with Gasteiger partial charge in [-0.05, 0) is 42.9 Å². The van der Waals surface area contributed by atoms with Crippen molar-refractivity contribution in [3.63, 3.8) is 0 Å². The summed E-state index contributed by atoms with van der Waals surface area (Å²) in [6.45, 7) is 11.7. The summed E-state index contributed by atoms with van der Waals surface area (Å²) in [5.74, 6) is -3.25. The predicted molar refractivity (Wildman–Crippen MR) is 170 cm³/mol. The maximum atomic E-state index is 14.1.